The lowest BCUT2D eigenvalue weighted by Gasteiger charge is -2.21. The Balaban J connectivity index is 2.83. The van der Waals surface area contributed by atoms with E-state index in [1.54, 1.807) is 6.08 Å². The molecule has 2 heteroatoms. The van der Waals surface area contributed by atoms with E-state index in [1.165, 1.54) is 5.57 Å². The zero-order chi connectivity index (χ0) is 10.0. The number of nitrogens with one attached hydrogen (secondary N) is 1. The zero-order valence-corrected chi connectivity index (χ0v) is 8.55. The van der Waals surface area contributed by atoms with E-state index >= 15 is 0 Å². The molecule has 0 aromatic carbocycles. The van der Waals surface area contributed by atoms with Crippen molar-refractivity contribution in [3.05, 3.63) is 23.8 Å². The highest BCUT2D eigenvalue weighted by atomic mass is 16.1. The number of rotatable bonds is 3. The Kier molecular flexibility index (Phi) is 2.91. The standard InChI is InChI=1S/C11H17NO/c1-7(2)11(8(3)4)9-5-10(13)12-6-9/h5,8,11H,1,6H2,2-4H3,(H,12,13). The molecule has 0 radical (unpaired) electrons. The van der Waals surface area contributed by atoms with Crippen LogP contribution < -0.4 is 5.32 Å². The fourth-order valence-electron chi connectivity index (χ4n) is 1.97. The summed E-state index contributed by atoms with van der Waals surface area (Å²) in [4.78, 5) is 11.0. The molecule has 1 aliphatic heterocycles. The maximum atomic E-state index is 11.0. The molecule has 1 aliphatic rings. The molecule has 0 fully saturated rings. The molecule has 13 heavy (non-hydrogen) atoms. The van der Waals surface area contributed by atoms with Gasteiger partial charge >= 0.3 is 0 Å². The van der Waals surface area contributed by atoms with E-state index in [4.69, 9.17) is 0 Å². The van der Waals surface area contributed by atoms with Crippen LogP contribution >= 0.6 is 0 Å². The van der Waals surface area contributed by atoms with Crippen molar-refractivity contribution in [2.45, 2.75) is 20.8 Å². The molecular weight excluding hydrogens is 162 g/mol. The lowest BCUT2D eigenvalue weighted by Crippen LogP contribution is -2.19. The Hall–Kier alpha value is -1.05. The first-order valence-electron chi connectivity index (χ1n) is 4.66. The molecule has 1 atom stereocenters. The van der Waals surface area contributed by atoms with E-state index in [0.717, 1.165) is 5.57 Å². The number of hydrogen-bond donors (Lipinski definition) is 1. The third-order valence-electron chi connectivity index (χ3n) is 2.38. The number of hydrogen-bond acceptors (Lipinski definition) is 1. The van der Waals surface area contributed by atoms with Crippen molar-refractivity contribution in [2.75, 3.05) is 6.54 Å². The monoisotopic (exact) mass is 179 g/mol. The van der Waals surface area contributed by atoms with Crippen molar-refractivity contribution < 1.29 is 4.79 Å². The third-order valence-corrected chi connectivity index (χ3v) is 2.38. The molecule has 1 N–H and O–H groups in total. The van der Waals surface area contributed by atoms with Crippen molar-refractivity contribution in [2.24, 2.45) is 11.8 Å². The summed E-state index contributed by atoms with van der Waals surface area (Å²) < 4.78 is 0. The average Bonchev–Trinajstić information content (AvgIpc) is 2.34. The lowest BCUT2D eigenvalue weighted by molar-refractivity contribution is -0.115. The Morgan fingerprint density at radius 2 is 2.23 bits per heavy atom. The van der Waals surface area contributed by atoms with E-state index < -0.39 is 0 Å². The Morgan fingerprint density at radius 1 is 1.62 bits per heavy atom. The minimum Gasteiger partial charge on any atom is -0.349 e. The Bertz CT molecular complexity index is 263. The second kappa shape index (κ2) is 3.77. The maximum Gasteiger partial charge on any atom is 0.244 e. The van der Waals surface area contributed by atoms with E-state index in [1.807, 2.05) is 6.92 Å². The fourth-order valence-corrected chi connectivity index (χ4v) is 1.97. The molecule has 0 aliphatic carbocycles. The summed E-state index contributed by atoms with van der Waals surface area (Å²) in [6, 6.07) is 0. The van der Waals surface area contributed by atoms with Gasteiger partial charge in [-0.15, -0.1) is 0 Å². The Labute approximate surface area is 79.7 Å². The summed E-state index contributed by atoms with van der Waals surface area (Å²) in [6.07, 6.45) is 1.71. The van der Waals surface area contributed by atoms with Crippen LogP contribution in [-0.2, 0) is 4.79 Å². The van der Waals surface area contributed by atoms with Crippen LogP contribution in [0.25, 0.3) is 0 Å². The van der Waals surface area contributed by atoms with Gasteiger partial charge in [0.15, 0.2) is 0 Å². The van der Waals surface area contributed by atoms with E-state index in [-0.39, 0.29) is 5.91 Å². The van der Waals surface area contributed by atoms with Crippen LogP contribution in [-0.4, -0.2) is 12.5 Å². The van der Waals surface area contributed by atoms with Gasteiger partial charge in [0.05, 0.1) is 0 Å². The molecule has 1 heterocycles. The Morgan fingerprint density at radius 3 is 2.54 bits per heavy atom. The fraction of sp³-hybridized carbons (Fsp3) is 0.545. The zero-order valence-electron chi connectivity index (χ0n) is 8.55. The van der Waals surface area contributed by atoms with Gasteiger partial charge in [-0.25, -0.2) is 0 Å². The van der Waals surface area contributed by atoms with Crippen LogP contribution in [0.5, 0.6) is 0 Å². The quantitative estimate of drug-likeness (QED) is 0.659. The minimum atomic E-state index is 0.0295. The molecule has 0 bridgehead atoms. The van der Waals surface area contributed by atoms with Gasteiger partial charge in [-0.3, -0.25) is 4.79 Å². The van der Waals surface area contributed by atoms with Gasteiger partial charge in [0, 0.05) is 18.5 Å². The summed E-state index contributed by atoms with van der Waals surface area (Å²) in [5, 5.41) is 2.79. The molecule has 1 rings (SSSR count). The van der Waals surface area contributed by atoms with Crippen LogP contribution in [0.4, 0.5) is 0 Å². The smallest absolute Gasteiger partial charge is 0.244 e. The van der Waals surface area contributed by atoms with Gasteiger partial charge < -0.3 is 5.32 Å². The first-order valence-corrected chi connectivity index (χ1v) is 4.66. The normalized spacial score (nSPS) is 18.5. The van der Waals surface area contributed by atoms with Crippen molar-refractivity contribution >= 4 is 5.91 Å². The highest BCUT2D eigenvalue weighted by molar-refractivity contribution is 5.91. The average molecular weight is 179 g/mol. The lowest BCUT2D eigenvalue weighted by atomic mass is 9.83. The van der Waals surface area contributed by atoms with Crippen LogP contribution in [0.2, 0.25) is 0 Å². The van der Waals surface area contributed by atoms with Crippen molar-refractivity contribution in [3.8, 4) is 0 Å². The largest absolute Gasteiger partial charge is 0.349 e. The molecule has 0 aromatic rings. The second-order valence-electron chi connectivity index (χ2n) is 4.01. The summed E-state index contributed by atoms with van der Waals surface area (Å²) in [5.74, 6) is 0.886. The molecule has 0 saturated heterocycles. The maximum absolute atomic E-state index is 11.0. The summed E-state index contributed by atoms with van der Waals surface area (Å²) in [6.45, 7) is 11.0. The molecule has 72 valence electrons. The summed E-state index contributed by atoms with van der Waals surface area (Å²) >= 11 is 0. The molecule has 0 aromatic heterocycles. The van der Waals surface area contributed by atoms with Gasteiger partial charge in [-0.05, 0) is 18.4 Å². The predicted molar refractivity (Wildman–Crippen MR) is 54.2 cm³/mol. The van der Waals surface area contributed by atoms with E-state index in [9.17, 15) is 4.79 Å². The topological polar surface area (TPSA) is 29.1 Å². The second-order valence-corrected chi connectivity index (χ2v) is 4.01. The minimum absolute atomic E-state index is 0.0295. The summed E-state index contributed by atoms with van der Waals surface area (Å²) in [7, 11) is 0. The predicted octanol–water partition coefficient (Wildman–Crippen LogP) is 1.89. The highest BCUT2D eigenvalue weighted by Gasteiger charge is 2.23. The molecule has 0 spiro atoms. The van der Waals surface area contributed by atoms with Crippen LogP contribution in [0.1, 0.15) is 20.8 Å². The molecule has 0 saturated carbocycles. The van der Waals surface area contributed by atoms with E-state index in [0.29, 0.717) is 18.4 Å². The first kappa shape index (κ1) is 10.0. The highest BCUT2D eigenvalue weighted by Crippen LogP contribution is 2.27. The SMILES string of the molecule is C=C(C)C(C1=CC(=O)NC1)C(C)C. The molecule has 1 amide bonds. The first-order chi connectivity index (χ1) is 6.02. The van der Waals surface area contributed by atoms with Crippen LogP contribution in [0, 0.1) is 11.8 Å². The van der Waals surface area contributed by atoms with E-state index in [2.05, 4.69) is 25.7 Å². The number of carbonyl (C=O) groups is 1. The van der Waals surface area contributed by atoms with Crippen molar-refractivity contribution in [1.29, 1.82) is 0 Å². The van der Waals surface area contributed by atoms with Gasteiger partial charge in [-0.1, -0.05) is 26.0 Å². The van der Waals surface area contributed by atoms with Gasteiger partial charge in [0.25, 0.3) is 0 Å². The van der Waals surface area contributed by atoms with Gasteiger partial charge in [-0.2, -0.15) is 0 Å². The molecule has 2 nitrogen and oxygen atoms in total. The van der Waals surface area contributed by atoms with Crippen LogP contribution in [0.15, 0.2) is 23.8 Å². The van der Waals surface area contributed by atoms with Gasteiger partial charge in [0.2, 0.25) is 5.91 Å². The number of amides is 1. The third kappa shape index (κ3) is 2.20. The van der Waals surface area contributed by atoms with Crippen molar-refractivity contribution in [3.63, 3.8) is 0 Å². The van der Waals surface area contributed by atoms with Crippen molar-refractivity contribution in [1.82, 2.24) is 5.32 Å². The number of carbonyl (C=O) groups excluding carboxylic acids is 1. The number of allylic oxidation sites excluding steroid dienone is 1. The molecule has 1 unspecified atom stereocenters. The summed E-state index contributed by atoms with van der Waals surface area (Å²) in [5.41, 5.74) is 2.31. The molecular formula is C11H17NO. The van der Waals surface area contributed by atoms with Gasteiger partial charge in [0.1, 0.15) is 0 Å². The van der Waals surface area contributed by atoms with Crippen LogP contribution in [0.3, 0.4) is 0 Å².